The molecule has 5 nitrogen and oxygen atoms in total. The van der Waals surface area contributed by atoms with Crippen LogP contribution in [0, 0.1) is 0 Å². The second kappa shape index (κ2) is 4.56. The molecule has 8 aromatic heterocycles. The number of hydrogen-bond acceptors (Lipinski definition) is 6. The average Bonchev–Trinajstić information content (AvgIpc) is 3.49. The molecule has 0 aliphatic carbocycles. The first kappa shape index (κ1) is 14.9. The third-order valence-electron chi connectivity index (χ3n) is 5.90. The first-order chi connectivity index (χ1) is 14.2. The van der Waals surface area contributed by atoms with Crippen molar-refractivity contribution in [3.63, 3.8) is 0 Å². The fourth-order valence-electron chi connectivity index (χ4n) is 4.73. The Morgan fingerprint density at radius 3 is 2.10 bits per heavy atom. The molecule has 0 unspecified atom stereocenters. The van der Waals surface area contributed by atoms with Gasteiger partial charge in [0.25, 0.3) is 11.1 Å². The predicted molar refractivity (Wildman–Crippen MR) is 122 cm³/mol. The summed E-state index contributed by atoms with van der Waals surface area (Å²) in [4.78, 5) is 31.7. The Labute approximate surface area is 172 Å². The van der Waals surface area contributed by atoms with Crippen molar-refractivity contribution in [3.05, 3.63) is 61.9 Å². The van der Waals surface area contributed by atoms with Crippen LogP contribution in [0.1, 0.15) is 0 Å². The summed E-state index contributed by atoms with van der Waals surface area (Å²) < 4.78 is 6.90. The van der Waals surface area contributed by atoms with E-state index in [0.717, 1.165) is 53.1 Å². The van der Waals surface area contributed by atoms with E-state index in [0.29, 0.717) is 9.40 Å². The summed E-state index contributed by atoms with van der Waals surface area (Å²) in [6.07, 6.45) is 1.86. The number of hydrogen-bond donors (Lipinski definition) is 0. The van der Waals surface area contributed by atoms with E-state index in [-0.39, 0.29) is 11.1 Å². The molecule has 0 aliphatic heterocycles. The van der Waals surface area contributed by atoms with E-state index in [1.54, 1.807) is 31.5 Å². The third kappa shape index (κ3) is 1.49. The van der Waals surface area contributed by atoms with E-state index in [2.05, 4.69) is 6.07 Å². The lowest BCUT2D eigenvalue weighted by Gasteiger charge is -2.05. The Kier molecular flexibility index (Phi) is 2.34. The predicted octanol–water partition coefficient (Wildman–Crippen LogP) is 5.13. The molecular weight excluding hydrogens is 422 g/mol. The van der Waals surface area contributed by atoms with Gasteiger partial charge < -0.3 is 0 Å². The van der Waals surface area contributed by atoms with E-state index in [4.69, 9.17) is 4.98 Å². The van der Waals surface area contributed by atoms with Crippen molar-refractivity contribution < 1.29 is 0 Å². The standard InChI is InChI=1S/C21H7N3O2S3/c25-20-18-15-8(11-5-13-9(23(11)20)1-3-27-13)7-22-17-12-6-14-10(2-4-28-14)24(12)21(26)19(29-18)16(15)17/h1-7H. The van der Waals surface area contributed by atoms with Gasteiger partial charge in [0.2, 0.25) is 0 Å². The van der Waals surface area contributed by atoms with Crippen molar-refractivity contribution in [1.82, 2.24) is 13.8 Å². The summed E-state index contributed by atoms with van der Waals surface area (Å²) in [5, 5.41) is 6.62. The molecule has 136 valence electrons. The number of pyridine rings is 3. The van der Waals surface area contributed by atoms with Crippen LogP contribution in [-0.2, 0) is 0 Å². The van der Waals surface area contributed by atoms with Crippen LogP contribution in [0.3, 0.4) is 0 Å². The van der Waals surface area contributed by atoms with Crippen LogP contribution in [0.2, 0.25) is 0 Å². The minimum Gasteiger partial charge on any atom is -0.274 e. The molecule has 0 saturated heterocycles. The molecule has 0 aromatic carbocycles. The highest BCUT2D eigenvalue weighted by Gasteiger charge is 2.24. The number of rotatable bonds is 0. The molecule has 8 heterocycles. The van der Waals surface area contributed by atoms with Crippen molar-refractivity contribution in [2.75, 3.05) is 0 Å². The molecule has 0 bridgehead atoms. The van der Waals surface area contributed by atoms with E-state index in [9.17, 15) is 9.59 Å². The molecule has 0 atom stereocenters. The van der Waals surface area contributed by atoms with E-state index in [1.165, 1.54) is 11.3 Å². The Bertz CT molecular complexity index is 1920. The summed E-state index contributed by atoms with van der Waals surface area (Å²) in [6, 6.07) is 8.03. The molecule has 0 radical (unpaired) electrons. The van der Waals surface area contributed by atoms with Crippen molar-refractivity contribution in [2.45, 2.75) is 0 Å². The Morgan fingerprint density at radius 1 is 0.759 bits per heavy atom. The minimum absolute atomic E-state index is 0.0561. The Hall–Kier alpha value is -3.07. The Morgan fingerprint density at radius 2 is 1.38 bits per heavy atom. The summed E-state index contributed by atoms with van der Waals surface area (Å²) >= 11 is 4.54. The second-order valence-corrected chi connectivity index (χ2v) is 10.1. The van der Waals surface area contributed by atoms with E-state index in [1.807, 2.05) is 35.2 Å². The molecule has 8 heteroatoms. The zero-order chi connectivity index (χ0) is 19.0. The highest BCUT2D eigenvalue weighted by molar-refractivity contribution is 7.26. The molecule has 0 N–H and O–H groups in total. The summed E-state index contributed by atoms with van der Waals surface area (Å²) in [5.41, 5.74) is 4.17. The normalized spacial score (nSPS) is 13.1. The summed E-state index contributed by atoms with van der Waals surface area (Å²) in [5.74, 6) is 0. The zero-order valence-electron chi connectivity index (χ0n) is 14.4. The summed E-state index contributed by atoms with van der Waals surface area (Å²) in [7, 11) is 0. The minimum atomic E-state index is -0.0684. The van der Waals surface area contributed by atoms with Crippen molar-refractivity contribution >= 4 is 96.6 Å². The van der Waals surface area contributed by atoms with Crippen LogP contribution in [0.25, 0.3) is 62.5 Å². The van der Waals surface area contributed by atoms with Gasteiger partial charge in [-0.05, 0) is 35.0 Å². The van der Waals surface area contributed by atoms with Gasteiger partial charge in [-0.25, -0.2) is 0 Å². The van der Waals surface area contributed by atoms with E-state index < -0.39 is 0 Å². The molecule has 0 spiro atoms. The van der Waals surface area contributed by atoms with Gasteiger partial charge in [-0.15, -0.1) is 34.0 Å². The fraction of sp³-hybridized carbons (Fsp3) is 0. The number of nitrogens with zero attached hydrogens (tertiary/aromatic N) is 3. The molecule has 0 aliphatic rings. The number of aromatic nitrogens is 3. The van der Waals surface area contributed by atoms with Crippen LogP contribution in [0.4, 0.5) is 0 Å². The summed E-state index contributed by atoms with van der Waals surface area (Å²) in [6.45, 7) is 0. The van der Waals surface area contributed by atoms with Gasteiger partial charge in [0.05, 0.1) is 37.0 Å². The SMILES string of the molecule is O=c1c2sc3c(=O)n4c5ccsc5cc4c4ncc(c2c34)c2cc3sccc3n12. The van der Waals surface area contributed by atoms with Crippen molar-refractivity contribution in [2.24, 2.45) is 0 Å². The highest BCUT2D eigenvalue weighted by atomic mass is 32.1. The van der Waals surface area contributed by atoms with E-state index >= 15 is 0 Å². The fourth-order valence-corrected chi connectivity index (χ4v) is 7.51. The molecule has 0 amide bonds. The van der Waals surface area contributed by atoms with Gasteiger partial charge in [-0.1, -0.05) is 0 Å². The second-order valence-electron chi connectivity index (χ2n) is 7.21. The van der Waals surface area contributed by atoms with Gasteiger partial charge in [0.15, 0.2) is 0 Å². The van der Waals surface area contributed by atoms with Gasteiger partial charge in [0, 0.05) is 22.4 Å². The van der Waals surface area contributed by atoms with Crippen LogP contribution < -0.4 is 11.1 Å². The van der Waals surface area contributed by atoms with Crippen LogP contribution >= 0.6 is 34.0 Å². The molecule has 29 heavy (non-hydrogen) atoms. The van der Waals surface area contributed by atoms with Crippen LogP contribution in [0.5, 0.6) is 0 Å². The van der Waals surface area contributed by atoms with Gasteiger partial charge >= 0.3 is 0 Å². The smallest absolute Gasteiger partial charge is 0.273 e. The average molecular weight is 430 g/mol. The van der Waals surface area contributed by atoms with Crippen LogP contribution in [-0.4, -0.2) is 13.8 Å². The molecule has 8 aromatic rings. The monoisotopic (exact) mass is 429 g/mol. The highest BCUT2D eigenvalue weighted by Crippen LogP contribution is 2.41. The first-order valence-electron chi connectivity index (χ1n) is 8.96. The largest absolute Gasteiger partial charge is 0.274 e. The first-order valence-corrected chi connectivity index (χ1v) is 11.5. The maximum Gasteiger partial charge on any atom is 0.273 e. The maximum absolute atomic E-state index is 13.5. The van der Waals surface area contributed by atoms with Gasteiger partial charge in [0.1, 0.15) is 9.40 Å². The lowest BCUT2D eigenvalue weighted by atomic mass is 10.1. The van der Waals surface area contributed by atoms with Crippen molar-refractivity contribution in [3.8, 4) is 0 Å². The lowest BCUT2D eigenvalue weighted by molar-refractivity contribution is 1.20. The molecule has 8 rings (SSSR count). The number of fused-ring (bicyclic) bond motifs is 8. The zero-order valence-corrected chi connectivity index (χ0v) is 16.9. The molecule has 0 saturated carbocycles. The van der Waals surface area contributed by atoms with Gasteiger partial charge in [-0.2, -0.15) is 0 Å². The third-order valence-corrected chi connectivity index (χ3v) is 8.77. The maximum atomic E-state index is 13.5. The Balaban J connectivity index is 1.77. The quantitative estimate of drug-likeness (QED) is 0.314. The number of thiophene rings is 3. The molecule has 0 fully saturated rings. The van der Waals surface area contributed by atoms with Gasteiger partial charge in [-0.3, -0.25) is 23.4 Å². The topological polar surface area (TPSA) is 55.8 Å². The molecular formula is C21H7N3O2S3. The van der Waals surface area contributed by atoms with Crippen LogP contribution in [0.15, 0.2) is 50.8 Å². The lowest BCUT2D eigenvalue weighted by Crippen LogP contribution is -2.12. The van der Waals surface area contributed by atoms with Crippen molar-refractivity contribution in [1.29, 1.82) is 0 Å².